The first-order valence-electron chi connectivity index (χ1n) is 8.02. The lowest BCUT2D eigenvalue weighted by molar-refractivity contribution is -0.123. The van der Waals surface area contributed by atoms with E-state index in [1.165, 1.54) is 0 Å². The van der Waals surface area contributed by atoms with Gasteiger partial charge in [0.1, 0.15) is 11.5 Å². The average Bonchev–Trinajstić information content (AvgIpc) is 2.60. The number of aryl methyl sites for hydroxylation is 1. The van der Waals surface area contributed by atoms with Crippen molar-refractivity contribution >= 4 is 28.1 Å². The van der Waals surface area contributed by atoms with Crippen molar-refractivity contribution in [1.82, 2.24) is 5.43 Å². The van der Waals surface area contributed by atoms with Gasteiger partial charge in [-0.1, -0.05) is 40.5 Å². The summed E-state index contributed by atoms with van der Waals surface area (Å²) < 4.78 is 12.0. The molecule has 0 fully saturated rings. The number of hydrogen-bond donors (Lipinski definition) is 1. The van der Waals surface area contributed by atoms with E-state index in [1.807, 2.05) is 56.3 Å². The van der Waals surface area contributed by atoms with Crippen LogP contribution in [0.15, 0.2) is 52.0 Å². The van der Waals surface area contributed by atoms with Gasteiger partial charge in [0.05, 0.1) is 12.8 Å². The molecule has 1 amide bonds. The van der Waals surface area contributed by atoms with Crippen molar-refractivity contribution in [3.63, 3.8) is 0 Å². The molecule has 0 heterocycles. The van der Waals surface area contributed by atoms with Crippen LogP contribution in [0.1, 0.15) is 24.5 Å². The maximum Gasteiger partial charge on any atom is 0.277 e. The number of hydrazone groups is 1. The number of benzene rings is 2. The highest BCUT2D eigenvalue weighted by molar-refractivity contribution is 9.10. The van der Waals surface area contributed by atoms with Crippen molar-refractivity contribution in [3.8, 4) is 11.5 Å². The molecule has 0 unspecified atom stereocenters. The summed E-state index contributed by atoms with van der Waals surface area (Å²) in [4.78, 5) is 11.8. The minimum atomic E-state index is -0.331. The number of nitrogens with one attached hydrogen (secondary N) is 1. The summed E-state index contributed by atoms with van der Waals surface area (Å²) in [6.07, 6.45) is 2.47. The van der Waals surface area contributed by atoms with Crippen LogP contribution in [0.4, 0.5) is 0 Å². The summed E-state index contributed by atoms with van der Waals surface area (Å²) >= 11 is 3.42. The van der Waals surface area contributed by atoms with E-state index in [0.717, 1.165) is 27.8 Å². The molecule has 1 N–H and O–H groups in total. The molecule has 0 radical (unpaired) electrons. The van der Waals surface area contributed by atoms with Crippen LogP contribution in [-0.2, 0) is 4.79 Å². The Morgan fingerprint density at radius 1 is 1.20 bits per heavy atom. The molecule has 2 aromatic carbocycles. The zero-order valence-electron chi connectivity index (χ0n) is 14.3. The summed E-state index contributed by atoms with van der Waals surface area (Å²) in [7, 11) is 0. The van der Waals surface area contributed by atoms with Crippen LogP contribution < -0.4 is 14.9 Å². The molecule has 0 saturated carbocycles. The molecule has 6 heteroatoms. The first-order chi connectivity index (χ1) is 12.1. The van der Waals surface area contributed by atoms with E-state index in [9.17, 15) is 4.79 Å². The van der Waals surface area contributed by atoms with E-state index in [0.29, 0.717) is 12.4 Å². The van der Waals surface area contributed by atoms with E-state index < -0.39 is 0 Å². The fraction of sp³-hybridized carbons (Fsp3) is 0.263. The first kappa shape index (κ1) is 19.0. The summed E-state index contributed by atoms with van der Waals surface area (Å²) in [6.45, 7) is 4.56. The van der Waals surface area contributed by atoms with Crippen molar-refractivity contribution in [2.45, 2.75) is 20.3 Å². The SMILES string of the molecule is CCCOc1ccc(Br)cc1/C=N/NC(=O)COc1ccc(C)cc1. The van der Waals surface area contributed by atoms with Crippen LogP contribution in [0.5, 0.6) is 11.5 Å². The Balaban J connectivity index is 1.88. The Hall–Kier alpha value is -2.34. The van der Waals surface area contributed by atoms with Gasteiger partial charge < -0.3 is 9.47 Å². The molecule has 0 aliphatic heterocycles. The second-order valence-electron chi connectivity index (χ2n) is 5.43. The molecule has 2 aromatic rings. The van der Waals surface area contributed by atoms with Gasteiger partial charge in [0.15, 0.2) is 6.61 Å². The Morgan fingerprint density at radius 2 is 1.96 bits per heavy atom. The van der Waals surface area contributed by atoms with E-state index in [4.69, 9.17) is 9.47 Å². The molecular weight excluding hydrogens is 384 g/mol. The van der Waals surface area contributed by atoms with E-state index in [-0.39, 0.29) is 12.5 Å². The second kappa shape index (κ2) is 9.84. The van der Waals surface area contributed by atoms with Crippen molar-refractivity contribution in [2.75, 3.05) is 13.2 Å². The van der Waals surface area contributed by atoms with Crippen LogP contribution in [0, 0.1) is 6.92 Å². The molecule has 0 saturated heterocycles. The van der Waals surface area contributed by atoms with Gasteiger partial charge in [0.2, 0.25) is 0 Å². The lowest BCUT2D eigenvalue weighted by Crippen LogP contribution is -2.24. The predicted molar refractivity (Wildman–Crippen MR) is 102 cm³/mol. The molecule has 0 atom stereocenters. The number of hydrogen-bond acceptors (Lipinski definition) is 4. The van der Waals surface area contributed by atoms with Crippen LogP contribution in [0.3, 0.4) is 0 Å². The quantitative estimate of drug-likeness (QED) is 0.532. The summed E-state index contributed by atoms with van der Waals surface area (Å²) in [5.74, 6) is 1.04. The van der Waals surface area contributed by atoms with Gasteiger partial charge in [-0.05, 0) is 43.7 Å². The smallest absolute Gasteiger partial charge is 0.277 e. The van der Waals surface area contributed by atoms with Crippen LogP contribution >= 0.6 is 15.9 Å². The number of amides is 1. The molecule has 132 valence electrons. The zero-order valence-corrected chi connectivity index (χ0v) is 15.9. The van der Waals surface area contributed by atoms with Crippen molar-refractivity contribution in [1.29, 1.82) is 0 Å². The fourth-order valence-electron chi connectivity index (χ4n) is 1.95. The predicted octanol–water partition coefficient (Wildman–Crippen LogP) is 4.08. The monoisotopic (exact) mass is 404 g/mol. The van der Waals surface area contributed by atoms with Gasteiger partial charge in [-0.25, -0.2) is 5.43 Å². The molecule has 5 nitrogen and oxygen atoms in total. The molecule has 0 aromatic heterocycles. The topological polar surface area (TPSA) is 59.9 Å². The lowest BCUT2D eigenvalue weighted by Gasteiger charge is -2.08. The van der Waals surface area contributed by atoms with Crippen molar-refractivity contribution in [3.05, 3.63) is 58.1 Å². The number of rotatable bonds is 8. The molecule has 0 spiro atoms. The summed E-state index contributed by atoms with van der Waals surface area (Å²) in [5, 5.41) is 3.97. The Labute approximate surface area is 156 Å². The molecule has 0 bridgehead atoms. The van der Waals surface area contributed by atoms with E-state index >= 15 is 0 Å². The van der Waals surface area contributed by atoms with Gasteiger partial charge in [0, 0.05) is 10.0 Å². The Kier molecular flexibility index (Phi) is 7.47. The third-order valence-electron chi connectivity index (χ3n) is 3.22. The van der Waals surface area contributed by atoms with Crippen molar-refractivity contribution in [2.24, 2.45) is 5.10 Å². The summed E-state index contributed by atoms with van der Waals surface area (Å²) in [5.41, 5.74) is 4.37. The molecule has 25 heavy (non-hydrogen) atoms. The van der Waals surface area contributed by atoms with Gasteiger partial charge in [0.25, 0.3) is 5.91 Å². The van der Waals surface area contributed by atoms with E-state index in [2.05, 4.69) is 26.5 Å². The first-order valence-corrected chi connectivity index (χ1v) is 8.81. The van der Waals surface area contributed by atoms with Crippen LogP contribution in [-0.4, -0.2) is 25.3 Å². The van der Waals surface area contributed by atoms with Gasteiger partial charge in [-0.3, -0.25) is 4.79 Å². The fourth-order valence-corrected chi connectivity index (χ4v) is 2.33. The number of carbonyl (C=O) groups excluding carboxylic acids is 1. The highest BCUT2D eigenvalue weighted by Gasteiger charge is 2.04. The molecule has 0 aliphatic rings. The van der Waals surface area contributed by atoms with Gasteiger partial charge >= 0.3 is 0 Å². The number of ether oxygens (including phenoxy) is 2. The third-order valence-corrected chi connectivity index (χ3v) is 3.71. The minimum Gasteiger partial charge on any atom is -0.493 e. The molecule has 0 aliphatic carbocycles. The van der Waals surface area contributed by atoms with Crippen LogP contribution in [0.2, 0.25) is 0 Å². The second-order valence-corrected chi connectivity index (χ2v) is 6.34. The Morgan fingerprint density at radius 3 is 2.68 bits per heavy atom. The maximum absolute atomic E-state index is 11.8. The van der Waals surface area contributed by atoms with Gasteiger partial charge in [-0.2, -0.15) is 5.10 Å². The largest absolute Gasteiger partial charge is 0.493 e. The third kappa shape index (κ3) is 6.58. The van der Waals surface area contributed by atoms with E-state index in [1.54, 1.807) is 6.21 Å². The number of nitrogens with zero attached hydrogens (tertiary/aromatic N) is 1. The lowest BCUT2D eigenvalue weighted by atomic mass is 10.2. The molecule has 2 rings (SSSR count). The minimum absolute atomic E-state index is 0.0991. The highest BCUT2D eigenvalue weighted by atomic mass is 79.9. The number of carbonyl (C=O) groups is 1. The maximum atomic E-state index is 11.8. The zero-order chi connectivity index (χ0) is 18.1. The standard InChI is InChI=1S/C19H21BrN2O3/c1-3-10-24-18-9-6-16(20)11-15(18)12-21-22-19(23)13-25-17-7-4-14(2)5-8-17/h4-9,11-12H,3,10,13H2,1-2H3,(H,22,23)/b21-12+. The summed E-state index contributed by atoms with van der Waals surface area (Å²) in [6, 6.07) is 13.1. The van der Waals surface area contributed by atoms with Crippen LogP contribution in [0.25, 0.3) is 0 Å². The number of halogens is 1. The molecular formula is C19H21BrN2O3. The average molecular weight is 405 g/mol. The van der Waals surface area contributed by atoms with Gasteiger partial charge in [-0.15, -0.1) is 0 Å². The Bertz CT molecular complexity index is 730. The highest BCUT2D eigenvalue weighted by Crippen LogP contribution is 2.22. The van der Waals surface area contributed by atoms with Crippen molar-refractivity contribution < 1.29 is 14.3 Å². The normalized spacial score (nSPS) is 10.7.